The minimum atomic E-state index is -0.595. The SMILES string of the molecule is CC(=O)NC(CSC/C=C(\C)CC/C=C(\C)CCC=C(C)C)C(N)=O. The number of hydrogen-bond donors (Lipinski definition) is 2. The lowest BCUT2D eigenvalue weighted by Gasteiger charge is -2.13. The van der Waals surface area contributed by atoms with E-state index in [-0.39, 0.29) is 5.91 Å². The van der Waals surface area contributed by atoms with Crippen LogP contribution >= 0.6 is 11.8 Å². The quantitative estimate of drug-likeness (QED) is 0.403. The van der Waals surface area contributed by atoms with Crippen LogP contribution in [0.1, 0.15) is 60.3 Å². The summed E-state index contributed by atoms with van der Waals surface area (Å²) < 4.78 is 0. The molecule has 1 atom stereocenters. The molecule has 3 N–H and O–H groups in total. The molecule has 5 heteroatoms. The third-order valence-corrected chi connectivity index (χ3v) is 4.65. The van der Waals surface area contributed by atoms with E-state index in [2.05, 4.69) is 51.2 Å². The van der Waals surface area contributed by atoms with Gasteiger partial charge in [-0.05, 0) is 53.4 Å². The summed E-state index contributed by atoms with van der Waals surface area (Å²) in [7, 11) is 0. The van der Waals surface area contributed by atoms with Crippen molar-refractivity contribution in [1.82, 2.24) is 5.32 Å². The molecule has 0 saturated carbocycles. The van der Waals surface area contributed by atoms with Crippen molar-refractivity contribution in [2.75, 3.05) is 11.5 Å². The average molecular weight is 367 g/mol. The average Bonchev–Trinajstić information content (AvgIpc) is 2.49. The number of thioether (sulfide) groups is 1. The highest BCUT2D eigenvalue weighted by molar-refractivity contribution is 7.99. The largest absolute Gasteiger partial charge is 0.368 e. The summed E-state index contributed by atoms with van der Waals surface area (Å²) in [6.45, 7) is 9.98. The molecular formula is C20H34N2O2S. The van der Waals surface area contributed by atoms with Gasteiger partial charge in [-0.2, -0.15) is 11.8 Å². The molecule has 0 heterocycles. The molecule has 0 aliphatic heterocycles. The lowest BCUT2D eigenvalue weighted by atomic mass is 10.1. The summed E-state index contributed by atoms with van der Waals surface area (Å²) in [4.78, 5) is 22.3. The number of primary amides is 1. The molecule has 0 saturated heterocycles. The third-order valence-electron chi connectivity index (χ3n) is 3.68. The van der Waals surface area contributed by atoms with Crippen molar-refractivity contribution < 1.29 is 9.59 Å². The summed E-state index contributed by atoms with van der Waals surface area (Å²) in [6.07, 6.45) is 11.1. The molecule has 0 aromatic heterocycles. The van der Waals surface area contributed by atoms with E-state index in [0.29, 0.717) is 5.75 Å². The minimum absolute atomic E-state index is 0.233. The fraction of sp³-hybridized carbons (Fsp3) is 0.600. The number of hydrogen-bond acceptors (Lipinski definition) is 3. The summed E-state index contributed by atoms with van der Waals surface area (Å²) in [5.74, 6) is 0.598. The molecule has 0 aromatic rings. The van der Waals surface area contributed by atoms with Gasteiger partial charge >= 0.3 is 0 Å². The normalized spacial score (nSPS) is 13.3. The second-order valence-electron chi connectivity index (χ2n) is 6.65. The highest BCUT2D eigenvalue weighted by Gasteiger charge is 2.15. The first-order chi connectivity index (χ1) is 11.7. The standard InChI is InChI=1S/C20H34N2O2S/c1-15(2)8-6-9-16(3)10-7-11-17(4)12-13-25-14-19(20(21)24)22-18(5)23/h8,10,12,19H,6-7,9,11,13-14H2,1-5H3,(H2,21,24)(H,22,23)/b16-10+,17-12+. The van der Waals surface area contributed by atoms with Crippen LogP contribution in [0.15, 0.2) is 34.9 Å². The molecule has 0 spiro atoms. The summed E-state index contributed by atoms with van der Waals surface area (Å²) in [5, 5.41) is 2.57. The molecule has 0 aliphatic carbocycles. The zero-order chi connectivity index (χ0) is 19.2. The molecular weight excluding hydrogens is 332 g/mol. The first-order valence-electron chi connectivity index (χ1n) is 8.81. The highest BCUT2D eigenvalue weighted by Crippen LogP contribution is 2.13. The van der Waals surface area contributed by atoms with Gasteiger partial charge in [0.25, 0.3) is 0 Å². The molecule has 25 heavy (non-hydrogen) atoms. The Morgan fingerprint density at radius 1 is 0.960 bits per heavy atom. The number of carbonyl (C=O) groups is 2. The maximum absolute atomic E-state index is 11.2. The van der Waals surface area contributed by atoms with Crippen molar-refractivity contribution in [1.29, 1.82) is 0 Å². The molecule has 1 unspecified atom stereocenters. The second-order valence-corrected chi connectivity index (χ2v) is 7.73. The van der Waals surface area contributed by atoms with Crippen molar-refractivity contribution >= 4 is 23.6 Å². The second kappa shape index (κ2) is 13.8. The van der Waals surface area contributed by atoms with Crippen LogP contribution in [0.4, 0.5) is 0 Å². The Kier molecular flexibility index (Phi) is 12.9. The van der Waals surface area contributed by atoms with Gasteiger partial charge in [0, 0.05) is 18.4 Å². The van der Waals surface area contributed by atoms with E-state index in [1.807, 2.05) is 0 Å². The molecule has 0 aliphatic rings. The number of nitrogens with two attached hydrogens (primary N) is 1. The Morgan fingerprint density at radius 3 is 2.04 bits per heavy atom. The number of nitrogens with one attached hydrogen (secondary N) is 1. The van der Waals surface area contributed by atoms with Crippen LogP contribution in [-0.2, 0) is 9.59 Å². The fourth-order valence-electron chi connectivity index (χ4n) is 2.17. The van der Waals surface area contributed by atoms with Crippen molar-refractivity contribution in [2.24, 2.45) is 5.73 Å². The van der Waals surface area contributed by atoms with E-state index in [9.17, 15) is 9.59 Å². The van der Waals surface area contributed by atoms with Crippen LogP contribution in [-0.4, -0.2) is 29.4 Å². The van der Waals surface area contributed by atoms with Gasteiger partial charge in [0.2, 0.25) is 11.8 Å². The predicted octanol–water partition coefficient (Wildman–Crippen LogP) is 4.13. The molecule has 0 fully saturated rings. The van der Waals surface area contributed by atoms with Crippen molar-refractivity contribution in [3.63, 3.8) is 0 Å². The summed E-state index contributed by atoms with van der Waals surface area (Å²) >= 11 is 1.60. The first kappa shape index (κ1) is 23.5. The van der Waals surface area contributed by atoms with E-state index < -0.39 is 11.9 Å². The molecule has 0 radical (unpaired) electrons. The van der Waals surface area contributed by atoms with Gasteiger partial charge in [0.1, 0.15) is 6.04 Å². The van der Waals surface area contributed by atoms with E-state index >= 15 is 0 Å². The van der Waals surface area contributed by atoms with Crippen molar-refractivity contribution in [3.8, 4) is 0 Å². The molecule has 4 nitrogen and oxygen atoms in total. The van der Waals surface area contributed by atoms with E-state index in [4.69, 9.17) is 5.73 Å². The highest BCUT2D eigenvalue weighted by atomic mass is 32.2. The zero-order valence-corrected chi connectivity index (χ0v) is 17.2. The van der Waals surface area contributed by atoms with Crippen LogP contribution in [0.5, 0.6) is 0 Å². The third kappa shape index (κ3) is 14.6. The van der Waals surface area contributed by atoms with Gasteiger partial charge in [-0.15, -0.1) is 0 Å². The predicted molar refractivity (Wildman–Crippen MR) is 110 cm³/mol. The Labute approximate surface area is 157 Å². The number of rotatable bonds is 12. The summed E-state index contributed by atoms with van der Waals surface area (Å²) in [5.41, 5.74) is 9.44. The maximum Gasteiger partial charge on any atom is 0.240 e. The Hall–Kier alpha value is -1.49. The van der Waals surface area contributed by atoms with Crippen LogP contribution in [0.2, 0.25) is 0 Å². The zero-order valence-electron chi connectivity index (χ0n) is 16.4. The fourth-order valence-corrected chi connectivity index (χ4v) is 3.19. The van der Waals surface area contributed by atoms with Crippen LogP contribution < -0.4 is 11.1 Å². The first-order valence-corrected chi connectivity index (χ1v) is 9.96. The van der Waals surface area contributed by atoms with E-state index in [0.717, 1.165) is 31.4 Å². The molecule has 2 amide bonds. The van der Waals surface area contributed by atoms with Crippen molar-refractivity contribution in [2.45, 2.75) is 66.3 Å². The van der Waals surface area contributed by atoms with Gasteiger partial charge in [-0.25, -0.2) is 0 Å². The molecule has 0 rings (SSSR count). The van der Waals surface area contributed by atoms with Crippen LogP contribution in [0.3, 0.4) is 0 Å². The summed E-state index contributed by atoms with van der Waals surface area (Å²) in [6, 6.07) is -0.595. The Bertz CT molecular complexity index is 518. The van der Waals surface area contributed by atoms with Crippen LogP contribution in [0, 0.1) is 0 Å². The van der Waals surface area contributed by atoms with Crippen molar-refractivity contribution in [3.05, 3.63) is 34.9 Å². The van der Waals surface area contributed by atoms with Gasteiger partial charge < -0.3 is 11.1 Å². The Balaban J connectivity index is 4.07. The topological polar surface area (TPSA) is 72.2 Å². The van der Waals surface area contributed by atoms with E-state index in [1.54, 1.807) is 11.8 Å². The van der Waals surface area contributed by atoms with Crippen LogP contribution in [0.25, 0.3) is 0 Å². The molecule has 0 bridgehead atoms. The lowest BCUT2D eigenvalue weighted by Crippen LogP contribution is -2.45. The number of carbonyl (C=O) groups excluding carboxylic acids is 2. The van der Waals surface area contributed by atoms with Gasteiger partial charge in [0.15, 0.2) is 0 Å². The maximum atomic E-state index is 11.2. The van der Waals surface area contributed by atoms with Gasteiger partial charge in [-0.3, -0.25) is 9.59 Å². The molecule has 0 aromatic carbocycles. The minimum Gasteiger partial charge on any atom is -0.368 e. The lowest BCUT2D eigenvalue weighted by molar-refractivity contribution is -0.125. The smallest absolute Gasteiger partial charge is 0.240 e. The number of amides is 2. The monoisotopic (exact) mass is 366 g/mol. The van der Waals surface area contributed by atoms with Gasteiger partial charge in [-0.1, -0.05) is 34.9 Å². The number of allylic oxidation sites excluding steroid dienone is 5. The Morgan fingerprint density at radius 2 is 1.52 bits per heavy atom. The van der Waals surface area contributed by atoms with Gasteiger partial charge in [0.05, 0.1) is 0 Å². The molecule has 142 valence electrons. The van der Waals surface area contributed by atoms with E-state index in [1.165, 1.54) is 23.6 Å².